The molecule has 0 aromatic carbocycles. The molecule has 1 heterocycles. The first-order valence-corrected chi connectivity index (χ1v) is 5.67. The van der Waals surface area contributed by atoms with Gasteiger partial charge in [0.25, 0.3) is 5.56 Å². The second-order valence-electron chi connectivity index (χ2n) is 3.56. The van der Waals surface area contributed by atoms with E-state index in [1.807, 2.05) is 0 Å². The zero-order valence-corrected chi connectivity index (χ0v) is 10.4. The molecule has 1 rings (SSSR count). The summed E-state index contributed by atoms with van der Waals surface area (Å²) in [5.74, 6) is -0.0384. The van der Waals surface area contributed by atoms with Crippen molar-refractivity contribution in [1.29, 1.82) is 0 Å². The normalized spacial score (nSPS) is 9.94. The summed E-state index contributed by atoms with van der Waals surface area (Å²) < 4.78 is 1.51. The standard InChI is InChI=1S/C11H15N3O2S/c1-13-9(15)5-3-7-14-6-2-4-8(10(12)17)11(14)16/h2,4,6H,3,5,7H2,1H3,(H2,12,17)(H,13,15). The molecule has 0 spiro atoms. The lowest BCUT2D eigenvalue weighted by molar-refractivity contribution is -0.120. The molecule has 0 aliphatic carbocycles. The number of rotatable bonds is 5. The average Bonchev–Trinajstić information content (AvgIpc) is 2.30. The molecular weight excluding hydrogens is 238 g/mol. The summed E-state index contributed by atoms with van der Waals surface area (Å²) in [5, 5.41) is 2.53. The monoisotopic (exact) mass is 253 g/mol. The largest absolute Gasteiger partial charge is 0.389 e. The van der Waals surface area contributed by atoms with Crippen LogP contribution >= 0.6 is 12.2 Å². The first-order valence-electron chi connectivity index (χ1n) is 5.26. The van der Waals surface area contributed by atoms with Crippen molar-refractivity contribution in [1.82, 2.24) is 9.88 Å². The molecule has 0 aliphatic heterocycles. The topological polar surface area (TPSA) is 77.1 Å². The third-order valence-electron chi connectivity index (χ3n) is 2.37. The zero-order valence-electron chi connectivity index (χ0n) is 9.60. The molecule has 1 aromatic rings. The van der Waals surface area contributed by atoms with Crippen molar-refractivity contribution >= 4 is 23.1 Å². The van der Waals surface area contributed by atoms with Crippen molar-refractivity contribution in [3.63, 3.8) is 0 Å². The number of amides is 1. The van der Waals surface area contributed by atoms with Crippen LogP contribution in [0.4, 0.5) is 0 Å². The summed E-state index contributed by atoms with van der Waals surface area (Å²) in [7, 11) is 1.59. The van der Waals surface area contributed by atoms with Crippen LogP contribution in [0, 0.1) is 0 Å². The molecule has 0 radical (unpaired) electrons. The van der Waals surface area contributed by atoms with Gasteiger partial charge in [0, 0.05) is 26.2 Å². The SMILES string of the molecule is CNC(=O)CCCn1cccc(C(N)=S)c1=O. The van der Waals surface area contributed by atoms with Crippen molar-refractivity contribution in [3.05, 3.63) is 34.2 Å². The van der Waals surface area contributed by atoms with E-state index in [0.29, 0.717) is 24.9 Å². The van der Waals surface area contributed by atoms with Crippen LogP contribution in [0.1, 0.15) is 18.4 Å². The van der Waals surface area contributed by atoms with Gasteiger partial charge in [-0.3, -0.25) is 9.59 Å². The number of hydrogen-bond donors (Lipinski definition) is 2. The van der Waals surface area contributed by atoms with Gasteiger partial charge in [-0.2, -0.15) is 0 Å². The van der Waals surface area contributed by atoms with Gasteiger partial charge in [-0.25, -0.2) is 0 Å². The van der Waals surface area contributed by atoms with Gasteiger partial charge >= 0.3 is 0 Å². The molecule has 17 heavy (non-hydrogen) atoms. The van der Waals surface area contributed by atoms with E-state index < -0.39 is 0 Å². The highest BCUT2D eigenvalue weighted by Crippen LogP contribution is 1.96. The number of thiocarbonyl (C=S) groups is 1. The molecule has 1 aromatic heterocycles. The van der Waals surface area contributed by atoms with Crippen molar-refractivity contribution in [2.75, 3.05) is 7.05 Å². The van der Waals surface area contributed by atoms with Crippen LogP contribution in [0.2, 0.25) is 0 Å². The second kappa shape index (κ2) is 6.15. The molecule has 92 valence electrons. The predicted octanol–water partition coefficient (Wildman–Crippen LogP) is 0.00870. The van der Waals surface area contributed by atoms with Crippen LogP contribution in [0.3, 0.4) is 0 Å². The summed E-state index contributed by atoms with van der Waals surface area (Å²) in [5.41, 5.74) is 5.56. The number of nitrogens with zero attached hydrogens (tertiary/aromatic N) is 1. The summed E-state index contributed by atoms with van der Waals surface area (Å²) in [6.07, 6.45) is 2.65. The van der Waals surface area contributed by atoms with Gasteiger partial charge in [0.05, 0.1) is 5.56 Å². The lowest BCUT2D eigenvalue weighted by Gasteiger charge is -2.06. The minimum atomic E-state index is -0.211. The van der Waals surface area contributed by atoms with Crippen LogP contribution in [0.15, 0.2) is 23.1 Å². The third-order valence-corrected chi connectivity index (χ3v) is 2.59. The Kier molecular flexibility index (Phi) is 4.84. The smallest absolute Gasteiger partial charge is 0.260 e. The van der Waals surface area contributed by atoms with E-state index in [4.69, 9.17) is 18.0 Å². The van der Waals surface area contributed by atoms with Gasteiger partial charge in [0.1, 0.15) is 4.99 Å². The maximum Gasteiger partial charge on any atom is 0.260 e. The Morgan fingerprint density at radius 1 is 1.59 bits per heavy atom. The molecule has 6 heteroatoms. The Bertz CT molecular complexity index is 482. The Morgan fingerprint density at radius 3 is 2.88 bits per heavy atom. The van der Waals surface area contributed by atoms with E-state index in [1.165, 1.54) is 4.57 Å². The van der Waals surface area contributed by atoms with Gasteiger partial charge in [0.2, 0.25) is 5.91 Å². The van der Waals surface area contributed by atoms with Crippen LogP contribution in [-0.4, -0.2) is 22.5 Å². The first-order chi connectivity index (χ1) is 8.06. The fourth-order valence-electron chi connectivity index (χ4n) is 1.44. The van der Waals surface area contributed by atoms with E-state index in [9.17, 15) is 9.59 Å². The van der Waals surface area contributed by atoms with Gasteiger partial charge < -0.3 is 15.6 Å². The number of nitrogens with two attached hydrogens (primary N) is 1. The van der Waals surface area contributed by atoms with Gasteiger partial charge in [0.15, 0.2) is 0 Å². The van der Waals surface area contributed by atoms with Crippen LogP contribution in [0.5, 0.6) is 0 Å². The summed E-state index contributed by atoms with van der Waals surface area (Å²) in [4.78, 5) is 23.0. The Hall–Kier alpha value is -1.69. The fraction of sp³-hybridized carbons (Fsp3) is 0.364. The van der Waals surface area contributed by atoms with Crippen molar-refractivity contribution in [3.8, 4) is 0 Å². The van der Waals surface area contributed by atoms with Crippen molar-refractivity contribution in [2.45, 2.75) is 19.4 Å². The van der Waals surface area contributed by atoms with Crippen LogP contribution in [-0.2, 0) is 11.3 Å². The maximum absolute atomic E-state index is 11.9. The Labute approximate surface area is 105 Å². The highest BCUT2D eigenvalue weighted by molar-refractivity contribution is 7.80. The van der Waals surface area contributed by atoms with Crippen molar-refractivity contribution in [2.24, 2.45) is 5.73 Å². The van der Waals surface area contributed by atoms with E-state index in [0.717, 1.165) is 0 Å². The molecule has 0 bridgehead atoms. The van der Waals surface area contributed by atoms with Crippen molar-refractivity contribution < 1.29 is 4.79 Å². The molecule has 0 saturated heterocycles. The summed E-state index contributed by atoms with van der Waals surface area (Å²) >= 11 is 4.78. The average molecular weight is 253 g/mol. The minimum Gasteiger partial charge on any atom is -0.389 e. The maximum atomic E-state index is 11.9. The number of hydrogen-bond acceptors (Lipinski definition) is 3. The lowest BCUT2D eigenvalue weighted by Crippen LogP contribution is -2.29. The van der Waals surface area contributed by atoms with Crippen LogP contribution in [0.25, 0.3) is 0 Å². The van der Waals surface area contributed by atoms with Gasteiger partial charge in [-0.1, -0.05) is 12.2 Å². The number of nitrogens with one attached hydrogen (secondary N) is 1. The number of aryl methyl sites for hydroxylation is 1. The fourth-order valence-corrected chi connectivity index (χ4v) is 1.59. The third kappa shape index (κ3) is 3.67. The number of carbonyl (C=O) groups is 1. The molecule has 0 unspecified atom stereocenters. The van der Waals surface area contributed by atoms with E-state index >= 15 is 0 Å². The molecule has 0 aliphatic rings. The Balaban J connectivity index is 2.72. The quantitative estimate of drug-likeness (QED) is 0.725. The highest BCUT2D eigenvalue weighted by atomic mass is 32.1. The predicted molar refractivity (Wildman–Crippen MR) is 69.9 cm³/mol. The molecule has 0 fully saturated rings. The minimum absolute atomic E-state index is 0.0384. The molecule has 0 saturated carbocycles. The highest BCUT2D eigenvalue weighted by Gasteiger charge is 2.05. The number of carbonyl (C=O) groups excluding carboxylic acids is 1. The molecule has 1 amide bonds. The van der Waals surface area contributed by atoms with E-state index in [1.54, 1.807) is 25.4 Å². The number of aromatic nitrogens is 1. The van der Waals surface area contributed by atoms with Gasteiger partial charge in [-0.05, 0) is 18.6 Å². The summed E-state index contributed by atoms with van der Waals surface area (Å²) in [6.45, 7) is 0.475. The molecule has 3 N–H and O–H groups in total. The lowest BCUT2D eigenvalue weighted by atomic mass is 10.2. The summed E-state index contributed by atoms with van der Waals surface area (Å²) in [6, 6.07) is 3.32. The number of pyridine rings is 1. The van der Waals surface area contributed by atoms with E-state index in [2.05, 4.69) is 5.32 Å². The van der Waals surface area contributed by atoms with Crippen LogP contribution < -0.4 is 16.6 Å². The van der Waals surface area contributed by atoms with E-state index in [-0.39, 0.29) is 16.5 Å². The second-order valence-corrected chi connectivity index (χ2v) is 4.00. The first kappa shape index (κ1) is 13.4. The Morgan fingerprint density at radius 2 is 2.29 bits per heavy atom. The van der Waals surface area contributed by atoms with Gasteiger partial charge in [-0.15, -0.1) is 0 Å². The molecule has 0 atom stereocenters. The zero-order chi connectivity index (χ0) is 12.8. The molecular formula is C11H15N3O2S. The molecule has 5 nitrogen and oxygen atoms in total.